The van der Waals surface area contributed by atoms with Crippen molar-refractivity contribution in [3.8, 4) is 0 Å². The molecule has 0 rings (SSSR count). The second kappa shape index (κ2) is 7.34. The van der Waals surface area contributed by atoms with Gasteiger partial charge in [0, 0.05) is 0 Å². The normalized spacial score (nSPS) is 11.5. The average molecular weight is 226 g/mol. The Morgan fingerprint density at radius 2 is 0.909 bits per heavy atom. The first kappa shape index (κ1) is 19.6. The Balaban J connectivity index is -0.000000320. The average Bonchev–Trinajstić information content (AvgIpc) is 1.14. The first-order valence-corrected chi connectivity index (χ1v) is 10.5. The van der Waals surface area contributed by atoms with E-state index in [4.69, 9.17) is 0 Å². The van der Waals surface area contributed by atoms with Gasteiger partial charge in [0.15, 0.2) is 0 Å². The monoisotopic (exact) mass is 225 g/mol. The predicted octanol–water partition coefficient (Wildman–Crippen LogP) is 0.949. The SMILES string of the molecule is C[Si](C)(C)N[Si](C)(C)C.[KH].[NaH]. The fourth-order valence-corrected chi connectivity index (χ4v) is 10.1. The van der Waals surface area contributed by atoms with E-state index in [1.54, 1.807) is 0 Å². The van der Waals surface area contributed by atoms with Gasteiger partial charge in [-0.05, 0) is 0 Å². The summed E-state index contributed by atoms with van der Waals surface area (Å²) >= 11 is 0. The molecule has 0 saturated carbocycles. The summed E-state index contributed by atoms with van der Waals surface area (Å²) in [5.41, 5.74) is 0. The maximum absolute atomic E-state index is 3.74. The van der Waals surface area contributed by atoms with Gasteiger partial charge in [-0.2, -0.15) is 0 Å². The molecule has 0 aromatic heterocycles. The van der Waals surface area contributed by atoms with Crippen LogP contribution in [0.3, 0.4) is 0 Å². The second-order valence-corrected chi connectivity index (χ2v) is 14.6. The fraction of sp³-hybridized carbons (Fsp3) is 1.00. The Morgan fingerprint density at radius 1 is 0.727 bits per heavy atom. The summed E-state index contributed by atoms with van der Waals surface area (Å²) in [5, 5.41) is 0. The van der Waals surface area contributed by atoms with Crippen molar-refractivity contribution in [3.05, 3.63) is 0 Å². The zero-order chi connectivity index (χ0) is 7.71. The first-order valence-electron chi connectivity index (χ1n) is 3.50. The Hall–Kier alpha value is 3.03. The zero-order valence-electron chi connectivity index (χ0n) is 7.50. The second-order valence-electron chi connectivity index (χ2n) is 4.62. The van der Waals surface area contributed by atoms with Crippen molar-refractivity contribution >= 4 is 97.4 Å². The number of rotatable bonds is 2. The summed E-state index contributed by atoms with van der Waals surface area (Å²) in [6, 6.07) is 0. The van der Waals surface area contributed by atoms with Gasteiger partial charge in [-0.1, -0.05) is 39.3 Å². The molecule has 0 fully saturated rings. The summed E-state index contributed by atoms with van der Waals surface area (Å²) in [6.07, 6.45) is 0. The van der Waals surface area contributed by atoms with Gasteiger partial charge in [0.1, 0.15) is 16.5 Å². The molecule has 0 heterocycles. The van der Waals surface area contributed by atoms with Gasteiger partial charge in [0.05, 0.1) is 0 Å². The molecule has 0 aliphatic carbocycles. The van der Waals surface area contributed by atoms with E-state index < -0.39 is 16.5 Å². The van der Waals surface area contributed by atoms with E-state index >= 15 is 0 Å². The molecule has 0 unspecified atom stereocenters. The van der Waals surface area contributed by atoms with Gasteiger partial charge in [-0.25, -0.2) is 0 Å². The Bertz CT molecular complexity index is 85.7. The molecule has 11 heavy (non-hydrogen) atoms. The van der Waals surface area contributed by atoms with Crippen molar-refractivity contribution in [2.75, 3.05) is 0 Å². The first-order chi connectivity index (χ1) is 3.71. The zero-order valence-corrected chi connectivity index (χ0v) is 9.50. The van der Waals surface area contributed by atoms with E-state index in [1.165, 1.54) is 0 Å². The van der Waals surface area contributed by atoms with E-state index in [0.717, 1.165) is 0 Å². The molecule has 60 valence electrons. The van der Waals surface area contributed by atoms with Crippen molar-refractivity contribution in [2.24, 2.45) is 0 Å². The van der Waals surface area contributed by atoms with Crippen molar-refractivity contribution in [1.82, 2.24) is 4.65 Å². The van der Waals surface area contributed by atoms with E-state index in [0.29, 0.717) is 0 Å². The van der Waals surface area contributed by atoms with E-state index in [2.05, 4.69) is 43.9 Å². The quantitative estimate of drug-likeness (QED) is 0.690. The van der Waals surface area contributed by atoms with Crippen LogP contribution in [0.25, 0.3) is 0 Å². The number of hydrogen-bond acceptors (Lipinski definition) is 1. The maximum atomic E-state index is 3.74. The van der Waals surface area contributed by atoms with E-state index in [-0.39, 0.29) is 80.9 Å². The van der Waals surface area contributed by atoms with Gasteiger partial charge >= 0.3 is 80.9 Å². The van der Waals surface area contributed by atoms with Crippen LogP contribution in [0.4, 0.5) is 0 Å². The molecule has 0 saturated heterocycles. The Kier molecular flexibility index (Phi) is 13.1. The molecule has 0 aromatic carbocycles. The molecule has 0 aliphatic rings. The molecule has 5 heteroatoms. The molecular formula is C6H21KNNaSi2. The minimum absolute atomic E-state index is 0. The molecule has 0 atom stereocenters. The number of hydrogen-bond donors (Lipinski definition) is 1. The molecule has 0 spiro atoms. The predicted molar refractivity (Wildman–Crippen MR) is 64.1 cm³/mol. The van der Waals surface area contributed by atoms with Crippen LogP contribution in [-0.2, 0) is 0 Å². The summed E-state index contributed by atoms with van der Waals surface area (Å²) in [5.74, 6) is 0. The van der Waals surface area contributed by atoms with Crippen LogP contribution < -0.4 is 4.65 Å². The third kappa shape index (κ3) is 19.4. The molecule has 1 N–H and O–H groups in total. The molecule has 0 aromatic rings. The van der Waals surface area contributed by atoms with Crippen LogP contribution in [0.1, 0.15) is 0 Å². The van der Waals surface area contributed by atoms with E-state index in [1.807, 2.05) is 0 Å². The van der Waals surface area contributed by atoms with Gasteiger partial charge in [0.2, 0.25) is 0 Å². The molecule has 0 amide bonds. The summed E-state index contributed by atoms with van der Waals surface area (Å²) in [4.78, 5) is 0. The molecule has 0 aliphatic heterocycles. The van der Waals surface area contributed by atoms with Crippen LogP contribution in [0.5, 0.6) is 0 Å². The van der Waals surface area contributed by atoms with Gasteiger partial charge in [-0.15, -0.1) is 0 Å². The van der Waals surface area contributed by atoms with Crippen molar-refractivity contribution in [1.29, 1.82) is 0 Å². The fourth-order valence-electron chi connectivity index (χ4n) is 1.12. The molecule has 1 nitrogen and oxygen atoms in total. The molecule has 0 radical (unpaired) electrons. The molecule has 0 bridgehead atoms. The van der Waals surface area contributed by atoms with Crippen molar-refractivity contribution < 1.29 is 0 Å². The van der Waals surface area contributed by atoms with Crippen LogP contribution in [0, 0.1) is 0 Å². The third-order valence-electron chi connectivity index (χ3n) is 0.750. The third-order valence-corrected chi connectivity index (χ3v) is 6.75. The minimum atomic E-state index is -0.981. The Morgan fingerprint density at radius 3 is 0.909 bits per heavy atom. The number of nitrogens with one attached hydrogen (secondary N) is 1. The van der Waals surface area contributed by atoms with Crippen molar-refractivity contribution in [2.45, 2.75) is 39.3 Å². The van der Waals surface area contributed by atoms with Gasteiger partial charge in [-0.3, -0.25) is 0 Å². The Labute approximate surface area is 138 Å². The molecular weight excluding hydrogens is 204 g/mol. The van der Waals surface area contributed by atoms with E-state index in [9.17, 15) is 0 Å². The van der Waals surface area contributed by atoms with Crippen LogP contribution in [0.2, 0.25) is 39.3 Å². The van der Waals surface area contributed by atoms with Gasteiger partial charge < -0.3 is 4.65 Å². The van der Waals surface area contributed by atoms with Crippen LogP contribution in [0.15, 0.2) is 0 Å². The topological polar surface area (TPSA) is 12.0 Å². The van der Waals surface area contributed by atoms with Crippen LogP contribution >= 0.6 is 0 Å². The van der Waals surface area contributed by atoms with Crippen molar-refractivity contribution in [3.63, 3.8) is 0 Å². The van der Waals surface area contributed by atoms with Crippen LogP contribution in [-0.4, -0.2) is 97.4 Å². The standard InChI is InChI=1S/C6H19NSi2.K.Na.2H/c1-8(2,3)7-9(4,5)6;;;;/h7H,1-6H3;;;;. The summed E-state index contributed by atoms with van der Waals surface area (Å²) < 4.78 is 3.74. The summed E-state index contributed by atoms with van der Waals surface area (Å²) in [6.45, 7) is 14.1. The summed E-state index contributed by atoms with van der Waals surface area (Å²) in [7, 11) is -1.96. The van der Waals surface area contributed by atoms with Gasteiger partial charge in [0.25, 0.3) is 0 Å².